The third kappa shape index (κ3) is 3.33. The van der Waals surface area contributed by atoms with E-state index in [1.165, 1.54) is 0 Å². The van der Waals surface area contributed by atoms with Gasteiger partial charge in [-0.1, -0.05) is 0 Å². The summed E-state index contributed by atoms with van der Waals surface area (Å²) in [6.07, 6.45) is 3.95. The summed E-state index contributed by atoms with van der Waals surface area (Å²) < 4.78 is 0. The molecule has 0 aromatic carbocycles. The van der Waals surface area contributed by atoms with Crippen molar-refractivity contribution in [2.24, 2.45) is 0 Å². The molecule has 2 aromatic heterocycles. The number of piperidine rings is 1. The number of ketones is 1. The van der Waals surface area contributed by atoms with Crippen LogP contribution in [0.5, 0.6) is 0 Å². The molecule has 112 valence electrons. The first-order valence-electron chi connectivity index (χ1n) is 7.11. The van der Waals surface area contributed by atoms with Crippen LogP contribution in [0.25, 0.3) is 11.0 Å². The number of Topliss-reactive ketones (excluding diaryl/α,β-unsaturated/α-hetero) is 1. The fourth-order valence-corrected chi connectivity index (χ4v) is 3.02. The lowest BCUT2D eigenvalue weighted by Gasteiger charge is -2.32. The summed E-state index contributed by atoms with van der Waals surface area (Å²) in [7, 11) is 0. The first kappa shape index (κ1) is 14.3. The Morgan fingerprint density at radius 3 is 3.24 bits per heavy atom. The van der Waals surface area contributed by atoms with Crippen molar-refractivity contribution in [3.8, 4) is 0 Å². The maximum absolute atomic E-state index is 11.3. The van der Waals surface area contributed by atoms with E-state index in [1.807, 2.05) is 12.3 Å². The summed E-state index contributed by atoms with van der Waals surface area (Å²) in [6.45, 7) is 3.96. The summed E-state index contributed by atoms with van der Waals surface area (Å²) in [6, 6.07) is 2.20. The van der Waals surface area contributed by atoms with Gasteiger partial charge in [0.05, 0.1) is 11.9 Å². The second-order valence-corrected chi connectivity index (χ2v) is 5.84. The number of carbonyl (C=O) groups excluding carboxylic acids is 1. The molecule has 0 spiro atoms. The molecule has 1 fully saturated rings. The Bertz CT molecular complexity index is 656. The lowest BCUT2D eigenvalue weighted by Crippen LogP contribution is -2.44. The van der Waals surface area contributed by atoms with Gasteiger partial charge in [0.15, 0.2) is 0 Å². The molecule has 1 saturated heterocycles. The van der Waals surface area contributed by atoms with Gasteiger partial charge < -0.3 is 10.3 Å². The number of aromatic nitrogens is 3. The van der Waals surface area contributed by atoms with Crippen molar-refractivity contribution in [2.75, 3.05) is 25.0 Å². The lowest BCUT2D eigenvalue weighted by molar-refractivity contribution is -0.118. The third-order valence-electron chi connectivity index (χ3n) is 3.68. The largest absolute Gasteiger partial charge is 0.365 e. The Kier molecular flexibility index (Phi) is 4.07. The van der Waals surface area contributed by atoms with Crippen molar-refractivity contribution in [1.29, 1.82) is 0 Å². The number of nitrogens with one attached hydrogen (secondary N) is 2. The predicted molar refractivity (Wildman–Crippen MR) is 82.7 cm³/mol. The molecule has 1 aliphatic rings. The number of aromatic amines is 1. The van der Waals surface area contributed by atoms with E-state index >= 15 is 0 Å². The first-order chi connectivity index (χ1) is 10.1. The topological polar surface area (TPSA) is 73.9 Å². The summed E-state index contributed by atoms with van der Waals surface area (Å²) in [5.41, 5.74) is 0.730. The van der Waals surface area contributed by atoms with Crippen molar-refractivity contribution in [3.63, 3.8) is 0 Å². The van der Waals surface area contributed by atoms with Gasteiger partial charge in [0.2, 0.25) is 5.28 Å². The highest BCUT2D eigenvalue weighted by Crippen LogP contribution is 2.23. The summed E-state index contributed by atoms with van der Waals surface area (Å²) in [5, 5.41) is 4.60. The Balaban J connectivity index is 1.75. The zero-order chi connectivity index (χ0) is 14.8. The molecule has 2 N–H and O–H groups in total. The molecule has 3 heterocycles. The van der Waals surface area contributed by atoms with Gasteiger partial charge in [-0.25, -0.2) is 4.98 Å². The van der Waals surface area contributed by atoms with Crippen LogP contribution in [-0.2, 0) is 4.79 Å². The van der Waals surface area contributed by atoms with Crippen molar-refractivity contribution in [3.05, 3.63) is 17.5 Å². The van der Waals surface area contributed by atoms with E-state index in [0.717, 1.165) is 42.8 Å². The van der Waals surface area contributed by atoms with Gasteiger partial charge in [-0.2, -0.15) is 4.98 Å². The number of likely N-dealkylation sites (tertiary alicyclic amines) is 1. The van der Waals surface area contributed by atoms with Gasteiger partial charge in [0.1, 0.15) is 17.2 Å². The first-order valence-corrected chi connectivity index (χ1v) is 7.48. The number of rotatable bonds is 4. The van der Waals surface area contributed by atoms with E-state index in [9.17, 15) is 4.79 Å². The maximum atomic E-state index is 11.3. The molecule has 0 radical (unpaired) electrons. The van der Waals surface area contributed by atoms with Crippen LogP contribution in [0, 0.1) is 0 Å². The fourth-order valence-electron chi connectivity index (χ4n) is 2.85. The molecule has 6 nitrogen and oxygen atoms in total. The van der Waals surface area contributed by atoms with Gasteiger partial charge in [0, 0.05) is 18.8 Å². The number of carbonyl (C=O) groups is 1. The van der Waals surface area contributed by atoms with Crippen molar-refractivity contribution in [1.82, 2.24) is 19.9 Å². The monoisotopic (exact) mass is 307 g/mol. The van der Waals surface area contributed by atoms with Gasteiger partial charge in [-0.3, -0.25) is 9.69 Å². The lowest BCUT2D eigenvalue weighted by atomic mass is 10.1. The fraction of sp³-hybridized carbons (Fsp3) is 0.500. The van der Waals surface area contributed by atoms with E-state index < -0.39 is 0 Å². The smallest absolute Gasteiger partial charge is 0.226 e. The minimum atomic E-state index is 0.203. The molecule has 21 heavy (non-hydrogen) atoms. The number of fused-ring (bicyclic) bond motifs is 1. The molecule has 1 aliphatic heterocycles. The van der Waals surface area contributed by atoms with E-state index in [-0.39, 0.29) is 17.1 Å². The average Bonchev–Trinajstić information content (AvgIpc) is 2.86. The SMILES string of the molecule is CC(=O)CN1CCC[C@@H](Nc2nc(Cl)nc3[nH]ccc23)C1. The Morgan fingerprint density at radius 1 is 1.57 bits per heavy atom. The highest BCUT2D eigenvalue weighted by molar-refractivity contribution is 6.28. The molecular weight excluding hydrogens is 290 g/mol. The standard InChI is InChI=1S/C14H18ClN5O/c1-9(21)7-20-6-2-3-10(8-20)17-13-11-4-5-16-12(11)18-14(15)19-13/h4-5,10H,2-3,6-8H2,1H3,(H2,16,17,18,19)/t10-/m1/s1. The molecule has 1 atom stereocenters. The highest BCUT2D eigenvalue weighted by atomic mass is 35.5. The van der Waals surface area contributed by atoms with Crippen molar-refractivity contribution < 1.29 is 4.79 Å². The van der Waals surface area contributed by atoms with Gasteiger partial charge >= 0.3 is 0 Å². The van der Waals surface area contributed by atoms with Crippen LogP contribution in [-0.4, -0.2) is 51.3 Å². The van der Waals surface area contributed by atoms with Crippen LogP contribution in [0.15, 0.2) is 12.3 Å². The van der Waals surface area contributed by atoms with E-state index in [2.05, 4.69) is 25.2 Å². The molecule has 0 bridgehead atoms. The van der Waals surface area contributed by atoms with Crippen LogP contribution in [0.4, 0.5) is 5.82 Å². The number of anilines is 1. The summed E-state index contributed by atoms with van der Waals surface area (Å²) >= 11 is 5.96. The van der Waals surface area contributed by atoms with E-state index in [4.69, 9.17) is 11.6 Å². The molecular formula is C14H18ClN5O. The van der Waals surface area contributed by atoms with E-state index in [0.29, 0.717) is 6.54 Å². The van der Waals surface area contributed by atoms with Crippen molar-refractivity contribution >= 4 is 34.2 Å². The van der Waals surface area contributed by atoms with Gasteiger partial charge in [-0.05, 0) is 44.0 Å². The highest BCUT2D eigenvalue weighted by Gasteiger charge is 2.21. The van der Waals surface area contributed by atoms with Gasteiger partial charge in [-0.15, -0.1) is 0 Å². The maximum Gasteiger partial charge on any atom is 0.226 e. The molecule has 2 aromatic rings. The van der Waals surface area contributed by atoms with Crippen LogP contribution < -0.4 is 5.32 Å². The molecule has 0 amide bonds. The average molecular weight is 308 g/mol. The predicted octanol–water partition coefficient (Wildman–Crippen LogP) is 2.08. The van der Waals surface area contributed by atoms with Crippen LogP contribution in [0.3, 0.4) is 0 Å². The number of H-pyrrole nitrogens is 1. The molecule has 0 saturated carbocycles. The normalized spacial score (nSPS) is 19.8. The van der Waals surface area contributed by atoms with Crippen LogP contribution >= 0.6 is 11.6 Å². The quantitative estimate of drug-likeness (QED) is 0.846. The number of hydrogen-bond donors (Lipinski definition) is 2. The number of hydrogen-bond acceptors (Lipinski definition) is 5. The number of halogens is 1. The van der Waals surface area contributed by atoms with E-state index in [1.54, 1.807) is 6.92 Å². The Labute approximate surface area is 127 Å². The molecule has 0 aliphatic carbocycles. The second-order valence-electron chi connectivity index (χ2n) is 5.50. The minimum Gasteiger partial charge on any atom is -0.365 e. The third-order valence-corrected chi connectivity index (χ3v) is 3.85. The van der Waals surface area contributed by atoms with Crippen LogP contribution in [0.1, 0.15) is 19.8 Å². The zero-order valence-corrected chi connectivity index (χ0v) is 12.7. The second kappa shape index (κ2) is 5.99. The minimum absolute atomic E-state index is 0.203. The summed E-state index contributed by atoms with van der Waals surface area (Å²) in [5.74, 6) is 0.953. The Hall–Kier alpha value is -1.66. The van der Waals surface area contributed by atoms with Crippen molar-refractivity contribution in [2.45, 2.75) is 25.8 Å². The molecule has 3 rings (SSSR count). The Morgan fingerprint density at radius 2 is 2.43 bits per heavy atom. The molecule has 0 unspecified atom stereocenters. The van der Waals surface area contributed by atoms with Gasteiger partial charge in [0.25, 0.3) is 0 Å². The molecule has 7 heteroatoms. The number of nitrogens with zero attached hydrogens (tertiary/aromatic N) is 3. The summed E-state index contributed by atoms with van der Waals surface area (Å²) in [4.78, 5) is 24.9. The zero-order valence-electron chi connectivity index (χ0n) is 11.9. The van der Waals surface area contributed by atoms with Crippen LogP contribution in [0.2, 0.25) is 5.28 Å².